The summed E-state index contributed by atoms with van der Waals surface area (Å²) in [4.78, 5) is 0. The van der Waals surface area contributed by atoms with E-state index < -0.39 is 14.2 Å². The summed E-state index contributed by atoms with van der Waals surface area (Å²) in [6.45, 7) is 10.9. The van der Waals surface area contributed by atoms with E-state index in [4.69, 9.17) is 37.6 Å². The maximum Gasteiger partial charge on any atom is 0.501 e. The molecule has 0 bridgehead atoms. The fourth-order valence-electron chi connectivity index (χ4n) is 5.17. The van der Waals surface area contributed by atoms with Crippen molar-refractivity contribution in [3.05, 3.63) is 0 Å². The van der Waals surface area contributed by atoms with Crippen LogP contribution in [0.25, 0.3) is 0 Å². The van der Waals surface area contributed by atoms with Gasteiger partial charge in [0.05, 0.1) is 37.4 Å². The molecular formula is C34H64B2O8. The average molecular weight is 623 g/mol. The molecule has 0 saturated carbocycles. The van der Waals surface area contributed by atoms with Crippen molar-refractivity contribution < 1.29 is 37.6 Å². The van der Waals surface area contributed by atoms with Crippen LogP contribution in [0.1, 0.15) is 130 Å². The van der Waals surface area contributed by atoms with Gasteiger partial charge in [0.25, 0.3) is 0 Å². The van der Waals surface area contributed by atoms with Crippen molar-refractivity contribution in [3.8, 4) is 23.0 Å². The molecule has 0 fully saturated rings. The van der Waals surface area contributed by atoms with Gasteiger partial charge in [-0.3, -0.25) is 0 Å². The maximum atomic E-state index is 6.62. The lowest BCUT2D eigenvalue weighted by atomic mass is 9.70. The lowest BCUT2D eigenvalue weighted by Gasteiger charge is -2.28. The largest absolute Gasteiger partial charge is 0.501 e. The smallest absolute Gasteiger partial charge is 0.490 e. The van der Waals surface area contributed by atoms with Gasteiger partial charge in [0, 0.05) is 28.4 Å². The number of hydrogen-bond acceptors (Lipinski definition) is 8. The van der Waals surface area contributed by atoms with Gasteiger partial charge in [0.1, 0.15) is 0 Å². The monoisotopic (exact) mass is 622 g/mol. The Balaban J connectivity index is 3.89. The van der Waals surface area contributed by atoms with E-state index in [9.17, 15) is 0 Å². The normalized spacial score (nSPS) is 11.1. The van der Waals surface area contributed by atoms with Crippen molar-refractivity contribution in [3.63, 3.8) is 0 Å². The first kappa shape index (κ1) is 40.4. The van der Waals surface area contributed by atoms with Gasteiger partial charge in [-0.05, 0) is 25.7 Å². The van der Waals surface area contributed by atoms with E-state index in [1.54, 1.807) is 28.4 Å². The molecule has 254 valence electrons. The first-order chi connectivity index (χ1) is 21.6. The Kier molecular flexibility index (Phi) is 24.4. The standard InChI is InChI=1S/C34H64B2O8/c1-9-13-17-21-25-41-31-29(35(37-5)38-6)33(43-27-23-19-15-11-3)34(44-28-24-20-16-12-4)30(36(39-7)40-8)32(31)42-26-22-18-14-10-2/h9-28H2,1-8H3. The molecule has 0 radical (unpaired) electrons. The number of ether oxygens (including phenoxy) is 4. The fourth-order valence-corrected chi connectivity index (χ4v) is 5.17. The zero-order valence-electron chi connectivity index (χ0n) is 29.6. The summed E-state index contributed by atoms with van der Waals surface area (Å²) in [6.07, 6.45) is 17.3. The number of unbranched alkanes of at least 4 members (excludes halogenated alkanes) is 12. The molecule has 8 nitrogen and oxygen atoms in total. The van der Waals surface area contributed by atoms with E-state index in [0.717, 1.165) is 103 Å². The van der Waals surface area contributed by atoms with Gasteiger partial charge in [0.2, 0.25) is 0 Å². The summed E-state index contributed by atoms with van der Waals surface area (Å²) < 4.78 is 50.0. The first-order valence-electron chi connectivity index (χ1n) is 17.5. The van der Waals surface area contributed by atoms with Crippen LogP contribution in [0.2, 0.25) is 0 Å². The molecule has 0 heterocycles. The van der Waals surface area contributed by atoms with Gasteiger partial charge < -0.3 is 37.6 Å². The van der Waals surface area contributed by atoms with Crippen molar-refractivity contribution in [2.24, 2.45) is 0 Å². The lowest BCUT2D eigenvalue weighted by Crippen LogP contribution is -2.43. The zero-order chi connectivity index (χ0) is 32.4. The Bertz CT molecular complexity index is 714. The average Bonchev–Trinajstić information content (AvgIpc) is 3.04. The molecule has 0 aliphatic heterocycles. The van der Waals surface area contributed by atoms with Crippen LogP contribution in [0.5, 0.6) is 23.0 Å². The summed E-state index contributed by atoms with van der Waals surface area (Å²) >= 11 is 0. The van der Waals surface area contributed by atoms with Crippen LogP contribution in [-0.2, 0) is 18.6 Å². The predicted octanol–water partition coefficient (Wildman–Crippen LogP) is 7.50. The zero-order valence-corrected chi connectivity index (χ0v) is 29.6. The van der Waals surface area contributed by atoms with Crippen LogP contribution in [0.15, 0.2) is 0 Å². The van der Waals surface area contributed by atoms with E-state index in [2.05, 4.69) is 27.7 Å². The number of benzene rings is 1. The molecule has 44 heavy (non-hydrogen) atoms. The van der Waals surface area contributed by atoms with Crippen molar-refractivity contribution in [1.29, 1.82) is 0 Å². The Morgan fingerprint density at radius 1 is 0.341 bits per heavy atom. The van der Waals surface area contributed by atoms with Crippen LogP contribution in [-0.4, -0.2) is 69.1 Å². The van der Waals surface area contributed by atoms with Crippen LogP contribution in [0, 0.1) is 0 Å². The Morgan fingerprint density at radius 2 is 0.568 bits per heavy atom. The van der Waals surface area contributed by atoms with Crippen LogP contribution in [0.4, 0.5) is 0 Å². The van der Waals surface area contributed by atoms with E-state index >= 15 is 0 Å². The van der Waals surface area contributed by atoms with Gasteiger partial charge >= 0.3 is 14.2 Å². The van der Waals surface area contributed by atoms with Crippen molar-refractivity contribution in [2.75, 3.05) is 54.9 Å². The summed E-state index contributed by atoms with van der Waals surface area (Å²) in [7, 11) is 5.00. The number of rotatable bonds is 30. The molecular weight excluding hydrogens is 558 g/mol. The minimum atomic E-state index is -0.756. The van der Waals surface area contributed by atoms with Crippen molar-refractivity contribution >= 4 is 25.2 Å². The molecule has 0 saturated heterocycles. The minimum Gasteiger partial charge on any atom is -0.490 e. The summed E-state index contributed by atoms with van der Waals surface area (Å²) in [6, 6.07) is 0. The summed E-state index contributed by atoms with van der Waals surface area (Å²) in [5, 5.41) is 0. The van der Waals surface area contributed by atoms with Crippen LogP contribution < -0.4 is 29.9 Å². The third-order valence-corrected chi connectivity index (χ3v) is 7.70. The molecule has 0 amide bonds. The molecule has 0 spiro atoms. The fraction of sp³-hybridized carbons (Fsp3) is 0.824. The highest BCUT2D eigenvalue weighted by Crippen LogP contribution is 2.38. The van der Waals surface area contributed by atoms with E-state index in [1.807, 2.05) is 0 Å². The second-order valence-corrected chi connectivity index (χ2v) is 11.4. The Hall–Kier alpha value is -1.61. The molecule has 1 aromatic rings. The second-order valence-electron chi connectivity index (χ2n) is 11.4. The SMILES string of the molecule is CCCCCCOc1c(OCCCCCC)c(B(OC)OC)c(OCCCCCC)c(OCCCCCC)c1B(OC)OC. The number of hydrogen-bond donors (Lipinski definition) is 0. The highest BCUT2D eigenvalue weighted by Gasteiger charge is 2.41. The highest BCUT2D eigenvalue weighted by molar-refractivity contribution is 6.67. The topological polar surface area (TPSA) is 73.8 Å². The first-order valence-corrected chi connectivity index (χ1v) is 17.5. The molecule has 10 heteroatoms. The van der Waals surface area contributed by atoms with E-state index in [1.165, 1.54) is 0 Å². The molecule has 0 atom stereocenters. The Morgan fingerprint density at radius 3 is 0.750 bits per heavy atom. The van der Waals surface area contributed by atoms with E-state index in [0.29, 0.717) is 60.4 Å². The second kappa shape index (κ2) is 26.6. The van der Waals surface area contributed by atoms with Crippen molar-refractivity contribution in [1.82, 2.24) is 0 Å². The Labute approximate surface area is 270 Å². The maximum absolute atomic E-state index is 6.62. The van der Waals surface area contributed by atoms with Crippen molar-refractivity contribution in [2.45, 2.75) is 130 Å². The molecule has 0 unspecified atom stereocenters. The van der Waals surface area contributed by atoms with Crippen LogP contribution in [0.3, 0.4) is 0 Å². The van der Waals surface area contributed by atoms with Gasteiger partial charge in [-0.15, -0.1) is 0 Å². The predicted molar refractivity (Wildman–Crippen MR) is 184 cm³/mol. The third-order valence-electron chi connectivity index (χ3n) is 7.70. The molecule has 0 aliphatic carbocycles. The van der Waals surface area contributed by atoms with Crippen LogP contribution >= 0.6 is 0 Å². The van der Waals surface area contributed by atoms with Gasteiger partial charge in [-0.25, -0.2) is 0 Å². The summed E-state index contributed by atoms with van der Waals surface area (Å²) in [5.74, 6) is 2.17. The molecule has 0 aromatic heterocycles. The van der Waals surface area contributed by atoms with E-state index in [-0.39, 0.29) is 0 Å². The molecule has 0 aliphatic rings. The van der Waals surface area contributed by atoms with Gasteiger partial charge in [0.15, 0.2) is 23.0 Å². The van der Waals surface area contributed by atoms with Gasteiger partial charge in [-0.2, -0.15) is 0 Å². The van der Waals surface area contributed by atoms with Gasteiger partial charge in [-0.1, -0.05) is 105 Å². The molecule has 1 aromatic carbocycles. The quantitative estimate of drug-likeness (QED) is 0.0646. The third kappa shape index (κ3) is 14.2. The molecule has 1 rings (SSSR count). The lowest BCUT2D eigenvalue weighted by molar-refractivity contribution is 0.235. The molecule has 0 N–H and O–H groups in total. The minimum absolute atomic E-state index is 0.524. The highest BCUT2D eigenvalue weighted by atomic mass is 16.6. The summed E-state index contributed by atoms with van der Waals surface area (Å²) in [5.41, 5.74) is 1.28.